The quantitative estimate of drug-likeness (QED) is 0.574. The van der Waals surface area contributed by atoms with Crippen molar-refractivity contribution in [2.24, 2.45) is 0 Å². The van der Waals surface area contributed by atoms with Gasteiger partial charge < -0.3 is 10.1 Å². The van der Waals surface area contributed by atoms with Crippen LogP contribution in [-0.2, 0) is 0 Å². The topological polar surface area (TPSA) is 64.3 Å². The van der Waals surface area contributed by atoms with E-state index in [2.05, 4.69) is 15.4 Å². The summed E-state index contributed by atoms with van der Waals surface area (Å²) in [6, 6.07) is 8.81. The second kappa shape index (κ2) is 7.08. The summed E-state index contributed by atoms with van der Waals surface area (Å²) < 4.78 is 21.6. The van der Waals surface area contributed by atoms with E-state index in [4.69, 9.17) is 9.72 Å². The number of benzene rings is 1. The van der Waals surface area contributed by atoms with Gasteiger partial charge in [-0.1, -0.05) is 6.07 Å². The molecule has 0 bridgehead atoms. The Kier molecular flexibility index (Phi) is 4.39. The summed E-state index contributed by atoms with van der Waals surface area (Å²) in [7, 11) is 1.60. The smallest absolute Gasteiger partial charge is 0.196 e. The molecule has 0 unspecified atom stereocenters. The Morgan fingerprint density at radius 2 is 1.97 bits per heavy atom. The van der Waals surface area contributed by atoms with Gasteiger partial charge >= 0.3 is 0 Å². The molecule has 1 aromatic carbocycles. The van der Waals surface area contributed by atoms with Crippen LogP contribution in [0.5, 0.6) is 5.75 Å². The van der Waals surface area contributed by atoms with Gasteiger partial charge in [-0.15, -0.1) is 0 Å². The molecular weight excluding hydrogens is 369 g/mol. The van der Waals surface area contributed by atoms with E-state index in [1.807, 2.05) is 25.3 Å². The van der Waals surface area contributed by atoms with Crippen LogP contribution in [0.3, 0.4) is 0 Å². The molecule has 1 saturated heterocycles. The van der Waals surface area contributed by atoms with Gasteiger partial charge in [-0.2, -0.15) is 5.10 Å². The van der Waals surface area contributed by atoms with Crippen molar-refractivity contribution >= 4 is 16.6 Å². The average Bonchev–Trinajstić information content (AvgIpc) is 3.12. The predicted octanol–water partition coefficient (Wildman–Crippen LogP) is 3.87. The summed E-state index contributed by atoms with van der Waals surface area (Å²) in [5, 5.41) is 8.82. The second-order valence-corrected chi connectivity index (χ2v) is 7.53. The molecule has 148 valence electrons. The van der Waals surface area contributed by atoms with Crippen LogP contribution < -0.4 is 10.1 Å². The summed E-state index contributed by atoms with van der Waals surface area (Å²) in [4.78, 5) is 9.41. The zero-order chi connectivity index (χ0) is 20.0. The average molecular weight is 391 g/mol. The maximum Gasteiger partial charge on any atom is 0.196 e. The molecule has 0 spiro atoms. The number of nitrogens with one attached hydrogen (secondary N) is 1. The van der Waals surface area contributed by atoms with Crippen molar-refractivity contribution in [3.63, 3.8) is 0 Å². The van der Waals surface area contributed by atoms with E-state index in [-0.39, 0.29) is 5.82 Å². The van der Waals surface area contributed by atoms with Crippen molar-refractivity contribution in [2.75, 3.05) is 20.2 Å². The molecule has 0 saturated carbocycles. The van der Waals surface area contributed by atoms with Gasteiger partial charge in [0.1, 0.15) is 5.82 Å². The Balaban J connectivity index is 1.72. The SMILES string of the molecule is COc1cc(-c2cc(F)cc3ccc(C4CCNCC4)nc23)nn2cc(C)nc12. The van der Waals surface area contributed by atoms with Crippen molar-refractivity contribution in [1.29, 1.82) is 0 Å². The van der Waals surface area contributed by atoms with Crippen molar-refractivity contribution in [1.82, 2.24) is 24.9 Å². The molecule has 5 rings (SSSR count). The molecule has 1 N–H and O–H groups in total. The van der Waals surface area contributed by atoms with Crippen LogP contribution in [0.15, 0.2) is 36.5 Å². The molecule has 1 aliphatic heterocycles. The number of ether oxygens (including phenoxy) is 1. The molecule has 29 heavy (non-hydrogen) atoms. The van der Waals surface area contributed by atoms with Crippen LogP contribution in [0.4, 0.5) is 4.39 Å². The van der Waals surface area contributed by atoms with Gasteiger partial charge in [-0.25, -0.2) is 13.9 Å². The van der Waals surface area contributed by atoms with Crippen molar-refractivity contribution in [3.8, 4) is 17.0 Å². The lowest BCUT2D eigenvalue weighted by atomic mass is 9.93. The molecule has 6 nitrogen and oxygen atoms in total. The molecule has 7 heteroatoms. The number of hydrogen-bond donors (Lipinski definition) is 1. The molecule has 4 heterocycles. The van der Waals surface area contributed by atoms with Gasteiger partial charge in [0.05, 0.1) is 30.2 Å². The predicted molar refractivity (Wildman–Crippen MR) is 110 cm³/mol. The number of imidazole rings is 1. The van der Waals surface area contributed by atoms with Gasteiger partial charge in [-0.05, 0) is 51.1 Å². The maximum absolute atomic E-state index is 14.4. The minimum atomic E-state index is -0.313. The molecule has 0 atom stereocenters. The first-order valence-corrected chi connectivity index (χ1v) is 9.84. The van der Waals surface area contributed by atoms with Crippen LogP contribution in [0.2, 0.25) is 0 Å². The lowest BCUT2D eigenvalue weighted by molar-refractivity contribution is 0.416. The molecule has 0 radical (unpaired) electrons. The lowest BCUT2D eigenvalue weighted by Crippen LogP contribution is -2.27. The minimum absolute atomic E-state index is 0.313. The van der Waals surface area contributed by atoms with Crippen molar-refractivity contribution in [3.05, 3.63) is 53.7 Å². The van der Waals surface area contributed by atoms with Gasteiger partial charge in [0.15, 0.2) is 11.4 Å². The zero-order valence-corrected chi connectivity index (χ0v) is 16.4. The van der Waals surface area contributed by atoms with Gasteiger partial charge in [0, 0.05) is 28.6 Å². The third-order valence-corrected chi connectivity index (χ3v) is 5.54. The molecule has 1 fully saturated rings. The Hall–Kier alpha value is -3.06. The fourth-order valence-electron chi connectivity index (χ4n) is 4.10. The van der Waals surface area contributed by atoms with E-state index in [0.29, 0.717) is 28.6 Å². The third-order valence-electron chi connectivity index (χ3n) is 5.54. The largest absolute Gasteiger partial charge is 0.493 e. The van der Waals surface area contributed by atoms with E-state index in [9.17, 15) is 4.39 Å². The summed E-state index contributed by atoms with van der Waals surface area (Å²) >= 11 is 0. The Morgan fingerprint density at radius 3 is 2.76 bits per heavy atom. The number of fused-ring (bicyclic) bond motifs is 2. The summed E-state index contributed by atoms with van der Waals surface area (Å²) in [5.74, 6) is 0.696. The number of methoxy groups -OCH3 is 1. The number of pyridine rings is 1. The fourth-order valence-corrected chi connectivity index (χ4v) is 4.10. The highest BCUT2D eigenvalue weighted by molar-refractivity contribution is 5.93. The molecule has 3 aromatic heterocycles. The number of halogens is 1. The number of piperidine rings is 1. The summed E-state index contributed by atoms with van der Waals surface area (Å²) in [6.07, 6.45) is 3.94. The van der Waals surface area contributed by atoms with Crippen LogP contribution in [0, 0.1) is 12.7 Å². The monoisotopic (exact) mass is 391 g/mol. The van der Waals surface area contributed by atoms with Gasteiger partial charge in [0.25, 0.3) is 0 Å². The van der Waals surface area contributed by atoms with E-state index in [1.54, 1.807) is 17.7 Å². The maximum atomic E-state index is 14.4. The minimum Gasteiger partial charge on any atom is -0.493 e. The van der Waals surface area contributed by atoms with Crippen LogP contribution in [0.25, 0.3) is 27.8 Å². The number of rotatable bonds is 3. The number of hydrogen-bond acceptors (Lipinski definition) is 5. The molecule has 1 aliphatic rings. The Bertz CT molecular complexity index is 1210. The van der Waals surface area contributed by atoms with Gasteiger partial charge in [-0.3, -0.25) is 4.98 Å². The Morgan fingerprint density at radius 1 is 1.14 bits per heavy atom. The highest BCUT2D eigenvalue weighted by Gasteiger charge is 2.19. The molecule has 4 aromatic rings. The van der Waals surface area contributed by atoms with Crippen molar-refractivity contribution < 1.29 is 9.13 Å². The molecule has 0 aliphatic carbocycles. The molecule has 0 amide bonds. The highest BCUT2D eigenvalue weighted by atomic mass is 19.1. The summed E-state index contributed by atoms with van der Waals surface area (Å²) in [5.41, 5.74) is 4.54. The third kappa shape index (κ3) is 3.21. The van der Waals surface area contributed by atoms with Gasteiger partial charge in [0.2, 0.25) is 0 Å². The first-order chi connectivity index (χ1) is 14.1. The number of aromatic nitrogens is 4. The normalized spacial score (nSPS) is 15.3. The zero-order valence-electron chi connectivity index (χ0n) is 16.4. The highest BCUT2D eigenvalue weighted by Crippen LogP contribution is 2.33. The first-order valence-electron chi connectivity index (χ1n) is 9.84. The van der Waals surface area contributed by atoms with Crippen LogP contribution >= 0.6 is 0 Å². The fraction of sp³-hybridized carbons (Fsp3) is 0.318. The number of nitrogens with zero attached hydrogens (tertiary/aromatic N) is 4. The van der Waals surface area contributed by atoms with E-state index >= 15 is 0 Å². The lowest BCUT2D eigenvalue weighted by Gasteiger charge is -2.22. The molecular formula is C22H22FN5O. The standard InChI is InChI=1S/C22H22FN5O/c1-13-12-28-22(25-13)20(29-2)11-19(27-28)17-10-16(23)9-15-3-4-18(26-21(15)17)14-5-7-24-8-6-14/h3-4,9-12,14,24H,5-8H2,1-2H3. The number of aryl methyl sites for hydroxylation is 1. The van der Waals surface area contributed by atoms with E-state index < -0.39 is 0 Å². The first kappa shape index (κ1) is 18.0. The van der Waals surface area contributed by atoms with E-state index in [1.165, 1.54) is 12.1 Å². The van der Waals surface area contributed by atoms with E-state index in [0.717, 1.165) is 48.2 Å². The van der Waals surface area contributed by atoms with Crippen molar-refractivity contribution in [2.45, 2.75) is 25.7 Å². The van der Waals surface area contributed by atoms with Crippen LogP contribution in [0.1, 0.15) is 30.1 Å². The Labute approximate surface area is 167 Å². The summed E-state index contributed by atoms with van der Waals surface area (Å²) in [6.45, 7) is 3.89. The van der Waals surface area contributed by atoms with Crippen LogP contribution in [-0.4, -0.2) is 39.8 Å². The second-order valence-electron chi connectivity index (χ2n) is 7.53.